The van der Waals surface area contributed by atoms with Gasteiger partial charge in [-0.25, -0.2) is 15.0 Å². The normalized spacial score (nSPS) is 11.7. The van der Waals surface area contributed by atoms with Crippen LogP contribution in [0, 0.1) is 6.92 Å². The standard InChI is InChI=1S/C17H21N5OS2/c1-3-18-17(19-7-6-15-20-9-12(2)25-15)21-10-13-11-23-16(22-13)14-5-4-8-24-14/h4-5,8-9,11H,3,6-7,10H2,1-2H3,(H2,18,19,21). The first-order valence-electron chi connectivity index (χ1n) is 8.16. The minimum Gasteiger partial charge on any atom is -0.443 e. The van der Waals surface area contributed by atoms with Gasteiger partial charge in [0.05, 0.1) is 16.4 Å². The quantitative estimate of drug-likeness (QED) is 0.488. The van der Waals surface area contributed by atoms with E-state index >= 15 is 0 Å². The van der Waals surface area contributed by atoms with Gasteiger partial charge in [0, 0.05) is 30.6 Å². The van der Waals surface area contributed by atoms with Crippen molar-refractivity contribution in [3.63, 3.8) is 0 Å². The molecule has 6 nitrogen and oxygen atoms in total. The molecule has 0 atom stereocenters. The molecule has 0 aromatic carbocycles. The number of aryl methyl sites for hydroxylation is 1. The first kappa shape index (κ1) is 17.6. The summed E-state index contributed by atoms with van der Waals surface area (Å²) in [6.45, 7) is 6.19. The third-order valence-corrected chi connectivity index (χ3v) is 5.16. The van der Waals surface area contributed by atoms with Gasteiger partial charge >= 0.3 is 0 Å². The van der Waals surface area contributed by atoms with E-state index in [9.17, 15) is 0 Å². The summed E-state index contributed by atoms with van der Waals surface area (Å²) in [5.74, 6) is 1.42. The van der Waals surface area contributed by atoms with E-state index in [1.807, 2.05) is 30.6 Å². The number of nitrogens with one attached hydrogen (secondary N) is 2. The second-order valence-electron chi connectivity index (χ2n) is 5.36. The first-order chi connectivity index (χ1) is 12.2. The second kappa shape index (κ2) is 8.77. The molecule has 3 rings (SSSR count). The van der Waals surface area contributed by atoms with Gasteiger partial charge in [0.1, 0.15) is 12.0 Å². The van der Waals surface area contributed by atoms with Crippen LogP contribution in [0.4, 0.5) is 0 Å². The monoisotopic (exact) mass is 375 g/mol. The first-order valence-corrected chi connectivity index (χ1v) is 9.86. The van der Waals surface area contributed by atoms with Crippen molar-refractivity contribution >= 4 is 28.6 Å². The van der Waals surface area contributed by atoms with Crippen LogP contribution in [-0.4, -0.2) is 29.0 Å². The Morgan fingerprint density at radius 2 is 2.28 bits per heavy atom. The van der Waals surface area contributed by atoms with Gasteiger partial charge in [-0.05, 0) is 25.3 Å². The fourth-order valence-corrected chi connectivity index (χ4v) is 3.64. The Labute approximate surface area is 155 Å². The molecule has 0 saturated carbocycles. The number of nitrogens with zero attached hydrogens (tertiary/aromatic N) is 3. The van der Waals surface area contributed by atoms with E-state index in [2.05, 4.69) is 32.5 Å². The van der Waals surface area contributed by atoms with E-state index in [4.69, 9.17) is 4.42 Å². The molecule has 0 aliphatic rings. The fourth-order valence-electron chi connectivity index (χ4n) is 2.20. The number of guanidine groups is 1. The number of thiophene rings is 1. The minimum atomic E-state index is 0.473. The predicted molar refractivity (Wildman–Crippen MR) is 103 cm³/mol. The molecule has 8 heteroatoms. The Bertz CT molecular complexity index is 807. The number of aliphatic imine (C=N–C) groups is 1. The molecule has 3 heterocycles. The SMILES string of the molecule is CCNC(=NCc1coc(-c2cccs2)n1)NCCc1ncc(C)s1. The van der Waals surface area contributed by atoms with Crippen molar-refractivity contribution in [3.05, 3.63) is 45.6 Å². The number of oxazole rings is 1. The topological polar surface area (TPSA) is 75.3 Å². The summed E-state index contributed by atoms with van der Waals surface area (Å²) < 4.78 is 5.52. The zero-order valence-corrected chi connectivity index (χ0v) is 15.9. The molecule has 0 radical (unpaired) electrons. The molecule has 0 aliphatic heterocycles. The Morgan fingerprint density at radius 3 is 3.00 bits per heavy atom. The van der Waals surface area contributed by atoms with Crippen molar-refractivity contribution in [3.8, 4) is 10.8 Å². The maximum atomic E-state index is 5.52. The van der Waals surface area contributed by atoms with E-state index in [1.165, 1.54) is 4.88 Å². The second-order valence-corrected chi connectivity index (χ2v) is 7.62. The average Bonchev–Trinajstić information content (AvgIpc) is 3.34. The molecule has 132 valence electrons. The summed E-state index contributed by atoms with van der Waals surface area (Å²) in [6, 6.07) is 3.98. The van der Waals surface area contributed by atoms with E-state index in [-0.39, 0.29) is 0 Å². The molecular weight excluding hydrogens is 354 g/mol. The van der Waals surface area contributed by atoms with Crippen LogP contribution in [-0.2, 0) is 13.0 Å². The zero-order valence-electron chi connectivity index (χ0n) is 14.3. The van der Waals surface area contributed by atoms with E-state index in [0.717, 1.165) is 41.0 Å². The lowest BCUT2D eigenvalue weighted by molar-refractivity contribution is 0.574. The number of hydrogen-bond donors (Lipinski definition) is 2. The summed E-state index contributed by atoms with van der Waals surface area (Å²) in [5.41, 5.74) is 0.816. The van der Waals surface area contributed by atoms with Gasteiger partial charge in [-0.15, -0.1) is 22.7 Å². The Hall–Kier alpha value is -2.19. The van der Waals surface area contributed by atoms with Gasteiger partial charge in [0.25, 0.3) is 0 Å². The third kappa shape index (κ3) is 5.14. The lowest BCUT2D eigenvalue weighted by Gasteiger charge is -2.10. The summed E-state index contributed by atoms with van der Waals surface area (Å²) in [4.78, 5) is 15.7. The fraction of sp³-hybridized carbons (Fsp3) is 0.353. The molecule has 0 saturated heterocycles. The van der Waals surface area contributed by atoms with Crippen molar-refractivity contribution in [2.75, 3.05) is 13.1 Å². The lowest BCUT2D eigenvalue weighted by atomic mass is 10.4. The summed E-state index contributed by atoms with van der Waals surface area (Å²) >= 11 is 3.34. The Morgan fingerprint density at radius 1 is 1.36 bits per heavy atom. The Kier molecular flexibility index (Phi) is 6.19. The van der Waals surface area contributed by atoms with Crippen LogP contribution in [0.2, 0.25) is 0 Å². The minimum absolute atomic E-state index is 0.473. The highest BCUT2D eigenvalue weighted by molar-refractivity contribution is 7.13. The summed E-state index contributed by atoms with van der Waals surface area (Å²) in [7, 11) is 0. The number of aromatic nitrogens is 2. The van der Waals surface area contributed by atoms with Crippen molar-refractivity contribution in [1.29, 1.82) is 0 Å². The van der Waals surface area contributed by atoms with Gasteiger partial charge in [-0.2, -0.15) is 0 Å². The Balaban J connectivity index is 1.54. The van der Waals surface area contributed by atoms with Crippen molar-refractivity contribution in [1.82, 2.24) is 20.6 Å². The van der Waals surface area contributed by atoms with Crippen molar-refractivity contribution < 1.29 is 4.42 Å². The molecule has 3 aromatic rings. The van der Waals surface area contributed by atoms with Crippen molar-refractivity contribution in [2.45, 2.75) is 26.8 Å². The summed E-state index contributed by atoms with van der Waals surface area (Å²) in [5, 5.41) is 9.72. The average molecular weight is 376 g/mol. The largest absolute Gasteiger partial charge is 0.443 e. The number of hydrogen-bond acceptors (Lipinski definition) is 6. The zero-order chi connectivity index (χ0) is 17.5. The highest BCUT2D eigenvalue weighted by Crippen LogP contribution is 2.23. The molecule has 0 fully saturated rings. The molecular formula is C17H21N5OS2. The van der Waals surface area contributed by atoms with Gasteiger partial charge in [0.2, 0.25) is 5.89 Å². The third-order valence-electron chi connectivity index (χ3n) is 3.33. The van der Waals surface area contributed by atoms with E-state index < -0.39 is 0 Å². The highest BCUT2D eigenvalue weighted by Gasteiger charge is 2.07. The smallest absolute Gasteiger partial charge is 0.236 e. The van der Waals surface area contributed by atoms with Gasteiger partial charge < -0.3 is 15.1 Å². The number of thiazole rings is 1. The highest BCUT2D eigenvalue weighted by atomic mass is 32.1. The van der Waals surface area contributed by atoms with Crippen molar-refractivity contribution in [2.24, 2.45) is 4.99 Å². The van der Waals surface area contributed by atoms with E-state index in [1.54, 1.807) is 28.9 Å². The van der Waals surface area contributed by atoms with Crippen LogP contribution in [0.15, 0.2) is 39.4 Å². The van der Waals surface area contributed by atoms with Crippen LogP contribution in [0.3, 0.4) is 0 Å². The van der Waals surface area contributed by atoms with Crippen LogP contribution >= 0.6 is 22.7 Å². The van der Waals surface area contributed by atoms with Crippen LogP contribution in [0.1, 0.15) is 22.5 Å². The maximum absolute atomic E-state index is 5.52. The van der Waals surface area contributed by atoms with Crippen LogP contribution < -0.4 is 10.6 Å². The predicted octanol–water partition coefficient (Wildman–Crippen LogP) is 3.47. The molecule has 0 bridgehead atoms. The maximum Gasteiger partial charge on any atom is 0.236 e. The lowest BCUT2D eigenvalue weighted by Crippen LogP contribution is -2.38. The molecule has 0 aliphatic carbocycles. The summed E-state index contributed by atoms with van der Waals surface area (Å²) in [6.07, 6.45) is 4.46. The molecule has 25 heavy (non-hydrogen) atoms. The van der Waals surface area contributed by atoms with Gasteiger partial charge in [-0.1, -0.05) is 6.07 Å². The van der Waals surface area contributed by atoms with Gasteiger partial charge in [0.15, 0.2) is 5.96 Å². The molecule has 2 N–H and O–H groups in total. The molecule has 0 unspecified atom stereocenters. The molecule has 3 aromatic heterocycles. The van der Waals surface area contributed by atoms with Crippen LogP contribution in [0.25, 0.3) is 10.8 Å². The number of rotatable bonds is 7. The molecule has 0 amide bonds. The van der Waals surface area contributed by atoms with Gasteiger partial charge in [-0.3, -0.25) is 0 Å². The molecule has 0 spiro atoms. The van der Waals surface area contributed by atoms with Crippen LogP contribution in [0.5, 0.6) is 0 Å². The van der Waals surface area contributed by atoms with E-state index in [0.29, 0.717) is 12.4 Å².